The van der Waals surface area contributed by atoms with Crippen molar-refractivity contribution in [2.24, 2.45) is 11.1 Å². The lowest BCUT2D eigenvalue weighted by atomic mass is 9.93. The Morgan fingerprint density at radius 2 is 1.89 bits per heavy atom. The molecule has 0 aromatic heterocycles. The molecule has 1 aromatic rings. The van der Waals surface area contributed by atoms with Gasteiger partial charge in [-0.25, -0.2) is 4.79 Å². The predicted octanol–water partition coefficient (Wildman–Crippen LogP) is 1.18. The highest BCUT2D eigenvalue weighted by atomic mass is 35.5. The highest BCUT2D eigenvalue weighted by Gasteiger charge is 2.45. The van der Waals surface area contributed by atoms with Gasteiger partial charge in [0.05, 0.1) is 0 Å². The second kappa shape index (κ2) is 3.99. The number of rotatable bonds is 1. The monoisotopic (exact) mass is 265 g/mol. The van der Waals surface area contributed by atoms with Crippen molar-refractivity contribution >= 4 is 29.4 Å². The van der Waals surface area contributed by atoms with E-state index in [1.54, 1.807) is 24.3 Å². The van der Waals surface area contributed by atoms with Gasteiger partial charge in [-0.3, -0.25) is 15.4 Å². The molecule has 0 saturated carbocycles. The Morgan fingerprint density at radius 1 is 1.17 bits per heavy atom. The van der Waals surface area contributed by atoms with Gasteiger partial charge in [-0.1, -0.05) is 28.9 Å². The van der Waals surface area contributed by atoms with Crippen LogP contribution in [-0.4, -0.2) is 17.8 Å². The van der Waals surface area contributed by atoms with Crippen LogP contribution in [0.25, 0.3) is 0 Å². The number of hydrogen-bond acceptors (Lipinski definition) is 4. The Bertz CT molecular complexity index is 555. The summed E-state index contributed by atoms with van der Waals surface area (Å²) in [4.78, 5) is 28.1. The number of oxime groups is 1. The van der Waals surface area contributed by atoms with Gasteiger partial charge in [0.2, 0.25) is 5.91 Å². The summed E-state index contributed by atoms with van der Waals surface area (Å²) >= 11 is 5.80. The number of halogens is 1. The van der Waals surface area contributed by atoms with Crippen LogP contribution in [0.15, 0.2) is 29.4 Å². The first-order valence-electron chi connectivity index (χ1n) is 5.26. The minimum Gasteiger partial charge on any atom is -0.385 e. The van der Waals surface area contributed by atoms with E-state index >= 15 is 0 Å². The van der Waals surface area contributed by atoms with Gasteiger partial charge in [0.15, 0.2) is 11.9 Å². The number of amidine groups is 1. The molecular formula is C11H8ClN3O3. The van der Waals surface area contributed by atoms with Crippen molar-refractivity contribution in [3.8, 4) is 0 Å². The fraction of sp³-hybridized carbons (Fsp3) is 0.182. The van der Waals surface area contributed by atoms with Crippen molar-refractivity contribution < 1.29 is 14.4 Å². The fourth-order valence-corrected chi connectivity index (χ4v) is 2.11. The van der Waals surface area contributed by atoms with Crippen LogP contribution in [0.1, 0.15) is 11.7 Å². The van der Waals surface area contributed by atoms with E-state index in [1.807, 2.05) is 0 Å². The van der Waals surface area contributed by atoms with Gasteiger partial charge in [0, 0.05) is 5.02 Å². The summed E-state index contributed by atoms with van der Waals surface area (Å²) in [6, 6.07) is 6.34. The lowest BCUT2D eigenvalue weighted by Gasteiger charge is -2.22. The van der Waals surface area contributed by atoms with E-state index < -0.39 is 24.0 Å². The van der Waals surface area contributed by atoms with E-state index in [9.17, 15) is 9.59 Å². The number of imide groups is 1. The maximum absolute atomic E-state index is 11.8. The SMILES string of the molecule is O=C1NC(=O)C2C(=NOC2c2ccc(Cl)cc2)N1. The van der Waals surface area contributed by atoms with E-state index in [-0.39, 0.29) is 5.84 Å². The Labute approximate surface area is 107 Å². The minimum atomic E-state index is -0.635. The summed E-state index contributed by atoms with van der Waals surface area (Å²) in [5, 5.41) is 8.96. The molecule has 2 aliphatic rings. The van der Waals surface area contributed by atoms with Crippen molar-refractivity contribution in [2.75, 3.05) is 0 Å². The third-order valence-electron chi connectivity index (χ3n) is 2.82. The number of carbonyl (C=O) groups is 2. The zero-order valence-corrected chi connectivity index (χ0v) is 9.77. The molecule has 1 saturated heterocycles. The molecule has 2 heterocycles. The molecule has 3 amide bonds. The largest absolute Gasteiger partial charge is 0.385 e. The van der Waals surface area contributed by atoms with E-state index in [4.69, 9.17) is 16.4 Å². The van der Waals surface area contributed by atoms with Crippen LogP contribution < -0.4 is 10.6 Å². The van der Waals surface area contributed by atoms with Crippen molar-refractivity contribution in [3.63, 3.8) is 0 Å². The van der Waals surface area contributed by atoms with Gasteiger partial charge < -0.3 is 4.84 Å². The van der Waals surface area contributed by atoms with Crippen LogP contribution in [0.3, 0.4) is 0 Å². The molecule has 2 unspecified atom stereocenters. The van der Waals surface area contributed by atoms with Gasteiger partial charge in [-0.2, -0.15) is 0 Å². The van der Waals surface area contributed by atoms with Crippen LogP contribution >= 0.6 is 11.6 Å². The molecule has 92 valence electrons. The fourth-order valence-electron chi connectivity index (χ4n) is 1.98. The van der Waals surface area contributed by atoms with Gasteiger partial charge in [0.1, 0.15) is 5.92 Å². The molecule has 2 atom stereocenters. The van der Waals surface area contributed by atoms with Gasteiger partial charge >= 0.3 is 6.03 Å². The Hall–Kier alpha value is -2.08. The summed E-state index contributed by atoms with van der Waals surface area (Å²) in [5.74, 6) is -0.817. The number of carbonyl (C=O) groups excluding carboxylic acids is 2. The summed E-state index contributed by atoms with van der Waals surface area (Å²) < 4.78 is 0. The van der Waals surface area contributed by atoms with Crippen molar-refractivity contribution in [1.82, 2.24) is 10.6 Å². The number of hydrogen-bond donors (Lipinski definition) is 2. The quantitative estimate of drug-likeness (QED) is 0.800. The minimum absolute atomic E-state index is 0.240. The zero-order valence-electron chi connectivity index (χ0n) is 9.01. The first-order chi connectivity index (χ1) is 8.65. The summed E-state index contributed by atoms with van der Waals surface area (Å²) in [5.41, 5.74) is 0.773. The lowest BCUT2D eigenvalue weighted by Crippen LogP contribution is -2.55. The van der Waals surface area contributed by atoms with Crippen LogP contribution in [0, 0.1) is 5.92 Å². The summed E-state index contributed by atoms with van der Waals surface area (Å²) in [6.45, 7) is 0. The summed E-state index contributed by atoms with van der Waals surface area (Å²) in [6.07, 6.45) is -0.544. The lowest BCUT2D eigenvalue weighted by molar-refractivity contribution is -0.125. The molecule has 1 fully saturated rings. The van der Waals surface area contributed by atoms with Gasteiger partial charge in [-0.05, 0) is 17.7 Å². The molecule has 6 nitrogen and oxygen atoms in total. The Balaban J connectivity index is 1.91. The smallest absolute Gasteiger partial charge is 0.326 e. The van der Waals surface area contributed by atoms with Crippen molar-refractivity contribution in [2.45, 2.75) is 6.10 Å². The number of nitrogens with zero attached hydrogens (tertiary/aromatic N) is 1. The molecule has 1 aromatic carbocycles. The molecular weight excluding hydrogens is 258 g/mol. The standard InChI is InChI=1S/C11H8ClN3O3/c12-6-3-1-5(2-4-6)8-7-9(15-18-8)13-11(17)14-10(7)16/h1-4,7-8H,(H2,13,14,15,16,17). The number of fused-ring (bicyclic) bond motifs is 1. The molecule has 0 aliphatic carbocycles. The average molecular weight is 266 g/mol. The normalized spacial score (nSPS) is 25.7. The molecule has 0 bridgehead atoms. The number of amides is 3. The third kappa shape index (κ3) is 1.70. The van der Waals surface area contributed by atoms with Crippen molar-refractivity contribution in [1.29, 1.82) is 0 Å². The molecule has 18 heavy (non-hydrogen) atoms. The Kier molecular flexibility index (Phi) is 2.45. The van der Waals surface area contributed by atoms with E-state index in [0.29, 0.717) is 5.02 Å². The summed E-state index contributed by atoms with van der Waals surface area (Å²) in [7, 11) is 0. The number of nitrogens with one attached hydrogen (secondary N) is 2. The van der Waals surface area contributed by atoms with Crippen LogP contribution in [0.4, 0.5) is 4.79 Å². The number of benzene rings is 1. The second-order valence-electron chi connectivity index (χ2n) is 3.98. The maximum atomic E-state index is 11.8. The predicted molar refractivity (Wildman–Crippen MR) is 62.9 cm³/mol. The van der Waals surface area contributed by atoms with Gasteiger partial charge in [-0.15, -0.1) is 0 Å². The van der Waals surface area contributed by atoms with Crippen LogP contribution in [0.5, 0.6) is 0 Å². The van der Waals surface area contributed by atoms with Crippen LogP contribution in [0.2, 0.25) is 5.02 Å². The molecule has 2 N–H and O–H groups in total. The Morgan fingerprint density at radius 3 is 2.61 bits per heavy atom. The highest BCUT2D eigenvalue weighted by Crippen LogP contribution is 2.33. The van der Waals surface area contributed by atoms with E-state index in [1.165, 1.54) is 0 Å². The topological polar surface area (TPSA) is 79.8 Å². The number of urea groups is 1. The first kappa shape index (κ1) is 11.0. The molecule has 7 heteroatoms. The molecule has 0 spiro atoms. The molecule has 0 radical (unpaired) electrons. The van der Waals surface area contributed by atoms with E-state index in [0.717, 1.165) is 5.56 Å². The third-order valence-corrected chi connectivity index (χ3v) is 3.07. The highest BCUT2D eigenvalue weighted by molar-refractivity contribution is 6.30. The zero-order chi connectivity index (χ0) is 12.7. The second-order valence-corrected chi connectivity index (χ2v) is 4.41. The maximum Gasteiger partial charge on any atom is 0.326 e. The molecule has 2 aliphatic heterocycles. The van der Waals surface area contributed by atoms with Crippen molar-refractivity contribution in [3.05, 3.63) is 34.9 Å². The van der Waals surface area contributed by atoms with Gasteiger partial charge in [0.25, 0.3) is 0 Å². The molecule has 3 rings (SSSR count). The van der Waals surface area contributed by atoms with Crippen LogP contribution in [-0.2, 0) is 9.63 Å². The van der Waals surface area contributed by atoms with E-state index in [2.05, 4.69) is 15.8 Å². The average Bonchev–Trinajstić information content (AvgIpc) is 2.74. The first-order valence-corrected chi connectivity index (χ1v) is 5.64.